The van der Waals surface area contributed by atoms with Crippen LogP contribution in [0.5, 0.6) is 5.88 Å². The molecule has 188 valence electrons. The van der Waals surface area contributed by atoms with E-state index in [9.17, 15) is 14.7 Å². The summed E-state index contributed by atoms with van der Waals surface area (Å²) in [6, 6.07) is 34.6. The molecule has 38 heavy (non-hydrogen) atoms. The predicted molar refractivity (Wildman–Crippen MR) is 148 cm³/mol. The number of nitrogens with one attached hydrogen (secondary N) is 1. The molecule has 0 atom stereocenters. The SMILES string of the molecule is O=C(Nc1ccccc1-c1ccccc1)N1CCn2c(c(O)n(-c3cccc(-c4ccccc4)c3)c2=O)C1. The van der Waals surface area contributed by atoms with E-state index in [4.69, 9.17) is 0 Å². The molecule has 7 nitrogen and oxygen atoms in total. The lowest BCUT2D eigenvalue weighted by Crippen LogP contribution is -2.42. The molecule has 0 radical (unpaired) electrons. The van der Waals surface area contributed by atoms with Gasteiger partial charge in [-0.1, -0.05) is 91.0 Å². The van der Waals surface area contributed by atoms with E-state index in [1.807, 2.05) is 103 Å². The van der Waals surface area contributed by atoms with Gasteiger partial charge in [-0.25, -0.2) is 14.2 Å². The first-order valence-corrected chi connectivity index (χ1v) is 12.5. The van der Waals surface area contributed by atoms with Crippen LogP contribution in [0.4, 0.5) is 10.5 Å². The van der Waals surface area contributed by atoms with Crippen molar-refractivity contribution in [3.8, 4) is 33.8 Å². The second-order valence-electron chi connectivity index (χ2n) is 9.22. The summed E-state index contributed by atoms with van der Waals surface area (Å²) in [5.41, 5.74) is 5.25. The number of hydrogen-bond donors (Lipinski definition) is 2. The maximum atomic E-state index is 13.3. The minimum atomic E-state index is -0.322. The Labute approximate surface area is 219 Å². The number of imidazole rings is 1. The summed E-state index contributed by atoms with van der Waals surface area (Å²) >= 11 is 0. The first-order valence-electron chi connectivity index (χ1n) is 12.5. The Morgan fingerprint density at radius 2 is 1.39 bits per heavy atom. The number of hydrogen-bond acceptors (Lipinski definition) is 3. The normalized spacial score (nSPS) is 12.7. The van der Waals surface area contributed by atoms with E-state index in [-0.39, 0.29) is 24.1 Å². The van der Waals surface area contributed by atoms with Crippen LogP contribution in [-0.2, 0) is 13.1 Å². The van der Waals surface area contributed by atoms with Crippen molar-refractivity contribution in [3.63, 3.8) is 0 Å². The van der Waals surface area contributed by atoms with Crippen molar-refractivity contribution in [2.24, 2.45) is 0 Å². The Kier molecular flexibility index (Phi) is 6.01. The summed E-state index contributed by atoms with van der Waals surface area (Å²) in [5.74, 6) is -0.151. The van der Waals surface area contributed by atoms with E-state index < -0.39 is 0 Å². The third kappa shape index (κ3) is 4.24. The number of amides is 2. The molecule has 0 spiro atoms. The number of rotatable bonds is 4. The zero-order chi connectivity index (χ0) is 26.1. The molecule has 2 amide bonds. The molecule has 1 aliphatic heterocycles. The lowest BCUT2D eigenvalue weighted by atomic mass is 10.0. The van der Waals surface area contributed by atoms with Gasteiger partial charge in [-0.15, -0.1) is 0 Å². The van der Waals surface area contributed by atoms with Gasteiger partial charge in [-0.2, -0.15) is 0 Å². The molecular formula is C31H26N4O3. The molecule has 6 rings (SSSR count). The highest BCUT2D eigenvalue weighted by Crippen LogP contribution is 2.30. The molecule has 2 N–H and O–H groups in total. The molecule has 0 saturated heterocycles. The fourth-order valence-corrected chi connectivity index (χ4v) is 4.96. The average molecular weight is 503 g/mol. The number of urea groups is 1. The number of carbonyl (C=O) groups excluding carboxylic acids is 1. The second kappa shape index (κ2) is 9.78. The maximum Gasteiger partial charge on any atom is 0.336 e. The van der Waals surface area contributed by atoms with Crippen molar-refractivity contribution in [1.29, 1.82) is 0 Å². The Morgan fingerprint density at radius 3 is 2.16 bits per heavy atom. The Morgan fingerprint density at radius 1 is 0.737 bits per heavy atom. The van der Waals surface area contributed by atoms with Gasteiger partial charge in [0.25, 0.3) is 0 Å². The number of para-hydroxylation sites is 1. The van der Waals surface area contributed by atoms with Gasteiger partial charge in [0.05, 0.1) is 17.9 Å². The molecule has 1 aliphatic rings. The molecule has 1 aromatic heterocycles. The van der Waals surface area contributed by atoms with Crippen LogP contribution in [0, 0.1) is 0 Å². The fraction of sp³-hybridized carbons (Fsp3) is 0.0968. The van der Waals surface area contributed by atoms with Crippen LogP contribution >= 0.6 is 0 Å². The smallest absolute Gasteiger partial charge is 0.336 e. The Balaban J connectivity index is 1.27. The van der Waals surface area contributed by atoms with Crippen LogP contribution in [-0.4, -0.2) is 31.7 Å². The Hall–Kier alpha value is -5.04. The van der Waals surface area contributed by atoms with Crippen molar-refractivity contribution in [2.45, 2.75) is 13.1 Å². The van der Waals surface area contributed by atoms with Crippen molar-refractivity contribution in [1.82, 2.24) is 14.0 Å². The average Bonchev–Trinajstić information content (AvgIpc) is 3.23. The molecule has 5 aromatic rings. The number of fused-ring (bicyclic) bond motifs is 1. The van der Waals surface area contributed by atoms with Crippen molar-refractivity contribution >= 4 is 11.7 Å². The van der Waals surface area contributed by atoms with Gasteiger partial charge in [0.15, 0.2) is 0 Å². The minimum Gasteiger partial charge on any atom is -0.493 e. The van der Waals surface area contributed by atoms with E-state index in [1.54, 1.807) is 15.5 Å². The summed E-state index contributed by atoms with van der Waals surface area (Å²) in [4.78, 5) is 28.2. The second-order valence-corrected chi connectivity index (χ2v) is 9.22. The largest absolute Gasteiger partial charge is 0.493 e. The topological polar surface area (TPSA) is 79.5 Å². The van der Waals surface area contributed by atoms with Gasteiger partial charge in [-0.3, -0.25) is 4.57 Å². The van der Waals surface area contributed by atoms with Gasteiger partial charge >= 0.3 is 11.7 Å². The van der Waals surface area contributed by atoms with Gasteiger partial charge in [0.2, 0.25) is 5.88 Å². The molecular weight excluding hydrogens is 476 g/mol. The molecule has 0 bridgehead atoms. The standard InChI is InChI=1S/C31H26N4O3/c36-29-28-21-33(30(37)32-27-17-8-7-16-26(27)23-12-5-2-6-13-23)18-19-34(28)31(38)35(29)25-15-9-14-24(20-25)22-10-3-1-4-11-22/h1-17,20,36H,18-19,21H2,(H,32,37). The summed E-state index contributed by atoms with van der Waals surface area (Å²) < 4.78 is 2.86. The van der Waals surface area contributed by atoms with Crippen molar-refractivity contribution in [3.05, 3.63) is 125 Å². The van der Waals surface area contributed by atoms with Crippen LogP contribution in [0.3, 0.4) is 0 Å². The van der Waals surface area contributed by atoms with Crippen LogP contribution in [0.1, 0.15) is 5.69 Å². The van der Waals surface area contributed by atoms with Gasteiger partial charge in [0.1, 0.15) is 5.69 Å². The summed E-state index contributed by atoms with van der Waals surface area (Å²) in [6.45, 7) is 0.756. The number of carbonyl (C=O) groups is 1. The predicted octanol–water partition coefficient (Wildman–Crippen LogP) is 5.73. The van der Waals surface area contributed by atoms with E-state index in [0.29, 0.717) is 30.2 Å². The van der Waals surface area contributed by atoms with Crippen molar-refractivity contribution in [2.75, 3.05) is 11.9 Å². The highest BCUT2D eigenvalue weighted by Gasteiger charge is 2.29. The van der Waals surface area contributed by atoms with Gasteiger partial charge in [-0.05, 0) is 34.9 Å². The minimum absolute atomic E-state index is 0.117. The maximum absolute atomic E-state index is 13.3. The molecule has 2 heterocycles. The zero-order valence-corrected chi connectivity index (χ0v) is 20.6. The molecule has 7 heteroatoms. The van der Waals surface area contributed by atoms with Crippen LogP contribution in [0.2, 0.25) is 0 Å². The van der Waals surface area contributed by atoms with Crippen LogP contribution < -0.4 is 11.0 Å². The lowest BCUT2D eigenvalue weighted by molar-refractivity contribution is 0.195. The molecule has 4 aromatic carbocycles. The van der Waals surface area contributed by atoms with E-state index in [2.05, 4.69) is 5.32 Å². The van der Waals surface area contributed by atoms with Crippen LogP contribution in [0.25, 0.3) is 27.9 Å². The number of aromatic nitrogens is 2. The first kappa shape index (κ1) is 23.4. The van der Waals surface area contributed by atoms with E-state index in [0.717, 1.165) is 22.3 Å². The molecule has 0 aliphatic carbocycles. The van der Waals surface area contributed by atoms with E-state index >= 15 is 0 Å². The Bertz CT molecular complexity index is 1670. The van der Waals surface area contributed by atoms with Crippen LogP contribution in [0.15, 0.2) is 114 Å². The first-order chi connectivity index (χ1) is 18.6. The molecule has 0 fully saturated rings. The third-order valence-corrected chi connectivity index (χ3v) is 6.90. The fourth-order valence-electron chi connectivity index (χ4n) is 4.96. The molecule has 0 unspecified atom stereocenters. The third-order valence-electron chi connectivity index (χ3n) is 6.90. The number of aromatic hydroxyl groups is 1. The zero-order valence-electron chi connectivity index (χ0n) is 20.6. The number of nitrogens with zero attached hydrogens (tertiary/aromatic N) is 3. The highest BCUT2D eigenvalue weighted by atomic mass is 16.3. The quantitative estimate of drug-likeness (QED) is 0.330. The van der Waals surface area contributed by atoms with Gasteiger partial charge in [0, 0.05) is 18.7 Å². The highest BCUT2D eigenvalue weighted by molar-refractivity contribution is 5.94. The van der Waals surface area contributed by atoms with Crippen molar-refractivity contribution < 1.29 is 9.90 Å². The monoisotopic (exact) mass is 502 g/mol. The summed E-state index contributed by atoms with van der Waals surface area (Å²) in [7, 11) is 0. The number of benzene rings is 4. The number of anilines is 1. The van der Waals surface area contributed by atoms with Gasteiger partial charge < -0.3 is 15.3 Å². The molecule has 0 saturated carbocycles. The summed E-state index contributed by atoms with van der Waals surface area (Å²) in [6.07, 6.45) is 0. The van der Waals surface area contributed by atoms with E-state index in [1.165, 1.54) is 4.57 Å². The lowest BCUT2D eigenvalue weighted by Gasteiger charge is -2.28. The summed E-state index contributed by atoms with van der Waals surface area (Å²) in [5, 5.41) is 14.2.